The number of benzene rings is 2. The van der Waals surface area contributed by atoms with Gasteiger partial charge >= 0.3 is 5.97 Å². The van der Waals surface area contributed by atoms with Crippen molar-refractivity contribution >= 4 is 5.97 Å². The van der Waals surface area contributed by atoms with Gasteiger partial charge in [-0.25, -0.2) is 0 Å². The average Bonchev–Trinajstić information content (AvgIpc) is 2.63. The summed E-state index contributed by atoms with van der Waals surface area (Å²) in [6.45, 7) is 6.18. The highest BCUT2D eigenvalue weighted by Gasteiger charge is 2.31. The molecule has 2 unspecified atom stereocenters. The SMILES string of the molecule is CCOc1cccc(C(c2cccc(C)c2)N2CCCC(C(=O)O)C2)c1. The maximum Gasteiger partial charge on any atom is 0.307 e. The molecule has 0 aromatic heterocycles. The number of aliphatic carboxylic acids is 1. The van der Waals surface area contributed by atoms with Crippen molar-refractivity contribution in [1.82, 2.24) is 4.90 Å². The van der Waals surface area contributed by atoms with E-state index in [-0.39, 0.29) is 12.0 Å². The molecular weight excluding hydrogens is 326 g/mol. The van der Waals surface area contributed by atoms with Crippen molar-refractivity contribution in [3.05, 3.63) is 65.2 Å². The van der Waals surface area contributed by atoms with E-state index in [1.165, 1.54) is 11.1 Å². The van der Waals surface area contributed by atoms with Crippen LogP contribution < -0.4 is 4.74 Å². The Bertz CT molecular complexity index is 759. The van der Waals surface area contributed by atoms with Gasteiger partial charge in [0, 0.05) is 6.54 Å². The lowest BCUT2D eigenvalue weighted by molar-refractivity contribution is -0.143. The Morgan fingerprint density at radius 3 is 2.65 bits per heavy atom. The van der Waals surface area contributed by atoms with Gasteiger partial charge in [0.25, 0.3) is 0 Å². The number of carboxylic acid groups (broad SMARTS) is 1. The standard InChI is InChI=1S/C22H27NO3/c1-3-26-20-11-5-9-18(14-20)21(17-8-4-7-16(2)13-17)23-12-6-10-19(15-23)22(24)25/h4-5,7-9,11,13-14,19,21H,3,6,10,12,15H2,1-2H3,(H,24,25). The summed E-state index contributed by atoms with van der Waals surface area (Å²) in [5.41, 5.74) is 3.55. The molecule has 2 aromatic carbocycles. The topological polar surface area (TPSA) is 49.8 Å². The van der Waals surface area contributed by atoms with Crippen LogP contribution in [0.1, 0.15) is 42.5 Å². The third-order valence-corrected chi connectivity index (χ3v) is 5.01. The highest BCUT2D eigenvalue weighted by molar-refractivity contribution is 5.70. The Morgan fingerprint density at radius 1 is 1.23 bits per heavy atom. The van der Waals surface area contributed by atoms with Crippen LogP contribution in [0.15, 0.2) is 48.5 Å². The zero-order valence-electron chi connectivity index (χ0n) is 15.5. The first-order valence-electron chi connectivity index (χ1n) is 9.34. The van der Waals surface area contributed by atoms with Crippen molar-refractivity contribution in [3.8, 4) is 5.75 Å². The smallest absolute Gasteiger partial charge is 0.307 e. The summed E-state index contributed by atoms with van der Waals surface area (Å²) in [7, 11) is 0. The fourth-order valence-corrected chi connectivity index (χ4v) is 3.84. The van der Waals surface area contributed by atoms with Crippen LogP contribution in [0.2, 0.25) is 0 Å². The van der Waals surface area contributed by atoms with Gasteiger partial charge in [0.2, 0.25) is 0 Å². The molecule has 3 rings (SSSR count). The molecule has 0 amide bonds. The second-order valence-corrected chi connectivity index (χ2v) is 6.99. The fourth-order valence-electron chi connectivity index (χ4n) is 3.84. The molecule has 0 bridgehead atoms. The lowest BCUT2D eigenvalue weighted by Gasteiger charge is -2.37. The first kappa shape index (κ1) is 18.5. The van der Waals surface area contributed by atoms with E-state index in [0.717, 1.165) is 30.7 Å². The molecule has 4 heteroatoms. The van der Waals surface area contributed by atoms with E-state index in [2.05, 4.69) is 48.2 Å². The molecule has 0 aliphatic carbocycles. The summed E-state index contributed by atoms with van der Waals surface area (Å²) in [6, 6.07) is 16.7. The van der Waals surface area contributed by atoms with E-state index in [9.17, 15) is 9.90 Å². The van der Waals surface area contributed by atoms with Crippen LogP contribution in [0.25, 0.3) is 0 Å². The van der Waals surface area contributed by atoms with Crippen LogP contribution in [-0.4, -0.2) is 35.7 Å². The van der Waals surface area contributed by atoms with E-state index < -0.39 is 5.97 Å². The number of ether oxygens (including phenoxy) is 1. The minimum absolute atomic E-state index is 0.0393. The van der Waals surface area contributed by atoms with Crippen LogP contribution in [0.5, 0.6) is 5.75 Å². The van der Waals surface area contributed by atoms with Crippen LogP contribution >= 0.6 is 0 Å². The molecule has 0 spiro atoms. The Kier molecular flexibility index (Phi) is 5.94. The van der Waals surface area contributed by atoms with Gasteiger partial charge in [0.1, 0.15) is 5.75 Å². The summed E-state index contributed by atoms with van der Waals surface area (Å²) in [5.74, 6) is -0.138. The Balaban J connectivity index is 1.99. The number of rotatable bonds is 6. The third kappa shape index (κ3) is 4.25. The van der Waals surface area contributed by atoms with Crippen LogP contribution in [0.3, 0.4) is 0 Å². The maximum atomic E-state index is 11.5. The number of nitrogens with zero attached hydrogens (tertiary/aromatic N) is 1. The van der Waals surface area contributed by atoms with Gasteiger partial charge in [0.15, 0.2) is 0 Å². The first-order valence-corrected chi connectivity index (χ1v) is 9.34. The van der Waals surface area contributed by atoms with Gasteiger partial charge in [-0.2, -0.15) is 0 Å². The molecule has 0 radical (unpaired) electrons. The molecule has 1 aliphatic rings. The predicted molar refractivity (Wildman–Crippen MR) is 103 cm³/mol. The van der Waals surface area contributed by atoms with E-state index in [1.807, 2.05) is 19.1 Å². The number of carboxylic acids is 1. The Morgan fingerprint density at radius 2 is 1.96 bits per heavy atom. The van der Waals surface area contributed by atoms with Crippen LogP contribution in [0.4, 0.5) is 0 Å². The van der Waals surface area contributed by atoms with Crippen molar-refractivity contribution in [2.24, 2.45) is 5.92 Å². The van der Waals surface area contributed by atoms with Gasteiger partial charge in [-0.05, 0) is 56.5 Å². The quantitative estimate of drug-likeness (QED) is 0.842. The molecule has 138 valence electrons. The minimum atomic E-state index is -0.694. The highest BCUT2D eigenvalue weighted by Crippen LogP contribution is 2.34. The average molecular weight is 353 g/mol. The summed E-state index contributed by atoms with van der Waals surface area (Å²) in [4.78, 5) is 13.8. The molecule has 1 fully saturated rings. The normalized spacial score (nSPS) is 19.1. The first-order chi connectivity index (χ1) is 12.6. The predicted octanol–water partition coefficient (Wildman–Crippen LogP) is 4.28. The molecule has 0 saturated carbocycles. The molecule has 1 saturated heterocycles. The van der Waals surface area contributed by atoms with Crippen molar-refractivity contribution < 1.29 is 14.6 Å². The molecule has 2 aromatic rings. The molecule has 1 aliphatic heterocycles. The number of aryl methyl sites for hydroxylation is 1. The Labute approximate surface area is 155 Å². The number of hydrogen-bond donors (Lipinski definition) is 1. The van der Waals surface area contributed by atoms with Crippen molar-refractivity contribution in [2.75, 3.05) is 19.7 Å². The largest absolute Gasteiger partial charge is 0.494 e. The van der Waals surface area contributed by atoms with Crippen LogP contribution in [-0.2, 0) is 4.79 Å². The Hall–Kier alpha value is -2.33. The molecule has 1 heterocycles. The zero-order chi connectivity index (χ0) is 18.5. The van der Waals surface area contributed by atoms with Crippen LogP contribution in [0, 0.1) is 12.8 Å². The van der Waals surface area contributed by atoms with Gasteiger partial charge in [-0.3, -0.25) is 9.69 Å². The van der Waals surface area contributed by atoms with Gasteiger partial charge < -0.3 is 9.84 Å². The summed E-state index contributed by atoms with van der Waals surface area (Å²) < 4.78 is 5.69. The minimum Gasteiger partial charge on any atom is -0.494 e. The molecule has 4 nitrogen and oxygen atoms in total. The second kappa shape index (κ2) is 8.37. The summed E-state index contributed by atoms with van der Waals surface area (Å²) in [6.07, 6.45) is 1.66. The highest BCUT2D eigenvalue weighted by atomic mass is 16.5. The zero-order valence-corrected chi connectivity index (χ0v) is 15.5. The molecule has 1 N–H and O–H groups in total. The van der Waals surface area contributed by atoms with E-state index in [1.54, 1.807) is 0 Å². The third-order valence-electron chi connectivity index (χ3n) is 5.01. The summed E-state index contributed by atoms with van der Waals surface area (Å²) >= 11 is 0. The van der Waals surface area contributed by atoms with E-state index in [0.29, 0.717) is 13.2 Å². The van der Waals surface area contributed by atoms with Crippen molar-refractivity contribution in [2.45, 2.75) is 32.7 Å². The molecule has 2 atom stereocenters. The number of likely N-dealkylation sites (tertiary alicyclic amines) is 1. The monoisotopic (exact) mass is 353 g/mol. The van der Waals surface area contributed by atoms with Gasteiger partial charge in [0.05, 0.1) is 18.6 Å². The van der Waals surface area contributed by atoms with Crippen molar-refractivity contribution in [1.29, 1.82) is 0 Å². The maximum absolute atomic E-state index is 11.5. The van der Waals surface area contributed by atoms with Gasteiger partial charge in [-0.1, -0.05) is 42.0 Å². The lowest BCUT2D eigenvalue weighted by Crippen LogP contribution is -2.41. The second-order valence-electron chi connectivity index (χ2n) is 6.99. The number of hydrogen-bond acceptors (Lipinski definition) is 3. The number of piperidine rings is 1. The lowest BCUT2D eigenvalue weighted by atomic mass is 9.91. The van der Waals surface area contributed by atoms with E-state index >= 15 is 0 Å². The number of carbonyl (C=O) groups is 1. The van der Waals surface area contributed by atoms with Gasteiger partial charge in [-0.15, -0.1) is 0 Å². The molecule has 26 heavy (non-hydrogen) atoms. The van der Waals surface area contributed by atoms with Crippen molar-refractivity contribution in [3.63, 3.8) is 0 Å². The summed E-state index contributed by atoms with van der Waals surface area (Å²) in [5, 5.41) is 9.49. The fraction of sp³-hybridized carbons (Fsp3) is 0.409. The molecular formula is C22H27NO3. The van der Waals surface area contributed by atoms with E-state index in [4.69, 9.17) is 4.74 Å².